The molecular formula is C11H24N2O2. The summed E-state index contributed by atoms with van der Waals surface area (Å²) in [6, 6.07) is 0.555. The lowest BCUT2D eigenvalue weighted by Gasteiger charge is -2.38. The van der Waals surface area contributed by atoms with E-state index in [2.05, 4.69) is 11.8 Å². The molecule has 0 radical (unpaired) electrons. The average Bonchev–Trinajstić information content (AvgIpc) is 2.21. The Morgan fingerprint density at radius 2 is 2.27 bits per heavy atom. The highest BCUT2D eigenvalue weighted by molar-refractivity contribution is 4.80. The van der Waals surface area contributed by atoms with Crippen molar-refractivity contribution in [3.05, 3.63) is 0 Å². The Labute approximate surface area is 92.4 Å². The van der Waals surface area contributed by atoms with E-state index in [0.717, 1.165) is 13.1 Å². The van der Waals surface area contributed by atoms with E-state index in [1.807, 2.05) is 0 Å². The fourth-order valence-electron chi connectivity index (χ4n) is 2.23. The van der Waals surface area contributed by atoms with E-state index in [1.54, 1.807) is 7.11 Å². The van der Waals surface area contributed by atoms with Crippen LogP contribution in [0.15, 0.2) is 0 Å². The molecule has 90 valence electrons. The fraction of sp³-hybridized carbons (Fsp3) is 1.00. The third-order valence-corrected chi connectivity index (χ3v) is 3.25. The summed E-state index contributed by atoms with van der Waals surface area (Å²) in [6.07, 6.45) is 2.02. The second-order valence-corrected chi connectivity index (χ2v) is 4.59. The van der Waals surface area contributed by atoms with Crippen LogP contribution < -0.4 is 5.73 Å². The summed E-state index contributed by atoms with van der Waals surface area (Å²) >= 11 is 0. The van der Waals surface area contributed by atoms with Crippen molar-refractivity contribution >= 4 is 0 Å². The van der Waals surface area contributed by atoms with E-state index in [-0.39, 0.29) is 6.10 Å². The first-order valence-electron chi connectivity index (χ1n) is 5.78. The summed E-state index contributed by atoms with van der Waals surface area (Å²) in [5, 5.41) is 9.68. The van der Waals surface area contributed by atoms with Gasteiger partial charge in [0.25, 0.3) is 0 Å². The molecule has 0 aromatic heterocycles. The van der Waals surface area contributed by atoms with Crippen molar-refractivity contribution < 1.29 is 9.84 Å². The Balaban J connectivity index is 2.36. The maximum Gasteiger partial charge on any atom is 0.0900 e. The van der Waals surface area contributed by atoms with E-state index in [0.29, 0.717) is 25.1 Å². The molecule has 15 heavy (non-hydrogen) atoms. The van der Waals surface area contributed by atoms with Crippen LogP contribution in [-0.4, -0.2) is 55.5 Å². The van der Waals surface area contributed by atoms with Gasteiger partial charge in [0.15, 0.2) is 0 Å². The standard InChI is InChI=1S/C11H24N2O2/c1-9-3-4-10(5-12)6-13(9)7-11(14)8-15-2/h9-11,14H,3-8,12H2,1-2H3. The van der Waals surface area contributed by atoms with Crippen LogP contribution in [0.1, 0.15) is 19.8 Å². The van der Waals surface area contributed by atoms with Crippen LogP contribution >= 0.6 is 0 Å². The molecule has 0 aromatic carbocycles. The number of nitrogens with two attached hydrogens (primary N) is 1. The predicted molar refractivity (Wildman–Crippen MR) is 60.7 cm³/mol. The van der Waals surface area contributed by atoms with E-state index in [9.17, 15) is 5.11 Å². The molecule has 1 heterocycles. The highest BCUT2D eigenvalue weighted by atomic mass is 16.5. The zero-order valence-electron chi connectivity index (χ0n) is 9.85. The number of piperidine rings is 1. The normalized spacial score (nSPS) is 30.4. The van der Waals surface area contributed by atoms with Crippen molar-refractivity contribution in [1.82, 2.24) is 4.90 Å². The summed E-state index contributed by atoms with van der Waals surface area (Å²) in [6.45, 7) is 5.09. The molecule has 3 N–H and O–H groups in total. The lowest BCUT2D eigenvalue weighted by atomic mass is 9.93. The van der Waals surface area contributed by atoms with Gasteiger partial charge in [0, 0.05) is 26.2 Å². The lowest BCUT2D eigenvalue weighted by Crippen LogP contribution is -2.47. The molecule has 0 aromatic rings. The molecule has 0 bridgehead atoms. The van der Waals surface area contributed by atoms with Crippen LogP contribution in [0.25, 0.3) is 0 Å². The Morgan fingerprint density at radius 1 is 1.53 bits per heavy atom. The molecule has 3 unspecified atom stereocenters. The first-order valence-corrected chi connectivity index (χ1v) is 5.78. The average molecular weight is 216 g/mol. The van der Waals surface area contributed by atoms with Gasteiger partial charge in [-0.3, -0.25) is 4.90 Å². The van der Waals surface area contributed by atoms with Crippen LogP contribution in [0.2, 0.25) is 0 Å². The summed E-state index contributed by atoms with van der Waals surface area (Å²) in [5.41, 5.74) is 5.69. The highest BCUT2D eigenvalue weighted by Gasteiger charge is 2.25. The van der Waals surface area contributed by atoms with Crippen LogP contribution in [0.5, 0.6) is 0 Å². The number of aliphatic hydroxyl groups excluding tert-OH is 1. The van der Waals surface area contributed by atoms with Crippen LogP contribution in [0.4, 0.5) is 0 Å². The van der Waals surface area contributed by atoms with Gasteiger partial charge in [-0.2, -0.15) is 0 Å². The highest BCUT2D eigenvalue weighted by Crippen LogP contribution is 2.21. The number of ether oxygens (including phenoxy) is 1. The molecule has 1 saturated heterocycles. The van der Waals surface area contributed by atoms with Gasteiger partial charge in [0.2, 0.25) is 0 Å². The second kappa shape index (κ2) is 6.43. The van der Waals surface area contributed by atoms with Crippen LogP contribution in [0, 0.1) is 5.92 Å². The Bertz CT molecular complexity index is 178. The van der Waals surface area contributed by atoms with Crippen molar-refractivity contribution in [2.24, 2.45) is 11.7 Å². The maximum absolute atomic E-state index is 9.68. The van der Waals surface area contributed by atoms with Crippen molar-refractivity contribution in [1.29, 1.82) is 0 Å². The second-order valence-electron chi connectivity index (χ2n) is 4.59. The van der Waals surface area contributed by atoms with Crippen molar-refractivity contribution in [2.75, 3.05) is 33.4 Å². The minimum absolute atomic E-state index is 0.381. The molecule has 1 rings (SSSR count). The maximum atomic E-state index is 9.68. The Kier molecular flexibility index (Phi) is 5.53. The molecule has 0 amide bonds. The van der Waals surface area contributed by atoms with Crippen molar-refractivity contribution in [3.63, 3.8) is 0 Å². The van der Waals surface area contributed by atoms with E-state index in [1.165, 1.54) is 12.8 Å². The van der Waals surface area contributed by atoms with Crippen LogP contribution in [0.3, 0.4) is 0 Å². The molecule has 0 aliphatic carbocycles. The summed E-state index contributed by atoms with van der Waals surface area (Å²) in [4.78, 5) is 2.32. The van der Waals surface area contributed by atoms with Gasteiger partial charge in [-0.25, -0.2) is 0 Å². The van der Waals surface area contributed by atoms with E-state index >= 15 is 0 Å². The number of methoxy groups -OCH3 is 1. The van der Waals surface area contributed by atoms with Gasteiger partial charge in [-0.05, 0) is 32.2 Å². The van der Waals surface area contributed by atoms with Crippen LogP contribution in [-0.2, 0) is 4.74 Å². The number of likely N-dealkylation sites (tertiary alicyclic amines) is 1. The number of nitrogens with zero attached hydrogens (tertiary/aromatic N) is 1. The summed E-state index contributed by atoms with van der Waals surface area (Å²) in [7, 11) is 1.62. The monoisotopic (exact) mass is 216 g/mol. The third kappa shape index (κ3) is 4.07. The minimum atomic E-state index is -0.381. The number of hydrogen-bond acceptors (Lipinski definition) is 4. The predicted octanol–water partition coefficient (Wildman–Crippen LogP) is 0.0529. The van der Waals surface area contributed by atoms with Crippen molar-refractivity contribution in [2.45, 2.75) is 31.9 Å². The smallest absolute Gasteiger partial charge is 0.0900 e. The molecule has 1 aliphatic rings. The molecule has 0 saturated carbocycles. The zero-order chi connectivity index (χ0) is 11.3. The molecule has 3 atom stereocenters. The van der Waals surface area contributed by atoms with Gasteiger partial charge in [-0.1, -0.05) is 0 Å². The molecule has 1 fully saturated rings. The molecule has 4 nitrogen and oxygen atoms in total. The number of β-amino-alcohol motifs (C(OH)–C–C–N with tert-alkyl or cyclic N) is 1. The Morgan fingerprint density at radius 3 is 2.87 bits per heavy atom. The fourth-order valence-corrected chi connectivity index (χ4v) is 2.23. The first-order chi connectivity index (χ1) is 7.17. The molecular weight excluding hydrogens is 192 g/mol. The molecule has 0 spiro atoms. The quantitative estimate of drug-likeness (QED) is 0.682. The largest absolute Gasteiger partial charge is 0.389 e. The van der Waals surface area contributed by atoms with E-state index < -0.39 is 0 Å². The SMILES string of the molecule is COCC(O)CN1CC(CN)CCC1C. The first kappa shape index (κ1) is 12.9. The van der Waals surface area contributed by atoms with Gasteiger partial charge < -0.3 is 15.6 Å². The number of hydrogen-bond donors (Lipinski definition) is 2. The van der Waals surface area contributed by atoms with Gasteiger partial charge in [-0.15, -0.1) is 0 Å². The summed E-state index contributed by atoms with van der Waals surface area (Å²) < 4.78 is 4.93. The van der Waals surface area contributed by atoms with Gasteiger partial charge >= 0.3 is 0 Å². The van der Waals surface area contributed by atoms with Crippen molar-refractivity contribution in [3.8, 4) is 0 Å². The molecule has 4 heteroatoms. The molecule has 1 aliphatic heterocycles. The third-order valence-electron chi connectivity index (χ3n) is 3.25. The number of aliphatic hydroxyl groups is 1. The van der Waals surface area contributed by atoms with Gasteiger partial charge in [0.1, 0.15) is 0 Å². The number of rotatable bonds is 5. The Hall–Kier alpha value is -0.160. The lowest BCUT2D eigenvalue weighted by molar-refractivity contribution is 0.0126. The minimum Gasteiger partial charge on any atom is -0.389 e. The van der Waals surface area contributed by atoms with Gasteiger partial charge in [0.05, 0.1) is 12.7 Å². The van der Waals surface area contributed by atoms with E-state index in [4.69, 9.17) is 10.5 Å². The topological polar surface area (TPSA) is 58.7 Å². The zero-order valence-corrected chi connectivity index (χ0v) is 9.85. The summed E-state index contributed by atoms with van der Waals surface area (Å²) in [5.74, 6) is 0.593.